The predicted octanol–water partition coefficient (Wildman–Crippen LogP) is -0.708. The number of morpholine rings is 1. The van der Waals surface area contributed by atoms with Crippen molar-refractivity contribution in [2.24, 2.45) is 5.92 Å². The van der Waals surface area contributed by atoms with Crippen LogP contribution in [0.25, 0.3) is 0 Å². The Hall–Kier alpha value is -1.96. The maximum Gasteiger partial charge on any atom is 0.334 e. The van der Waals surface area contributed by atoms with E-state index in [0.29, 0.717) is 26.3 Å². The molecular weight excluding hydrogens is 278 g/mol. The molecule has 0 aromatic rings. The lowest BCUT2D eigenvalue weighted by atomic mass is 10.2. The summed E-state index contributed by atoms with van der Waals surface area (Å²) in [6, 6.07) is -0.708. The number of carbonyl (C=O) groups excluding carboxylic acids is 4. The third-order valence-corrected chi connectivity index (χ3v) is 3.34. The maximum absolute atomic E-state index is 12.1. The summed E-state index contributed by atoms with van der Waals surface area (Å²) in [4.78, 5) is 51.0. The van der Waals surface area contributed by atoms with Crippen molar-refractivity contribution >= 4 is 23.8 Å². The molecule has 0 aromatic carbocycles. The Morgan fingerprint density at radius 1 is 1.10 bits per heavy atom. The van der Waals surface area contributed by atoms with Crippen LogP contribution in [0.5, 0.6) is 0 Å². The standard InChI is InChI=1S/C13H19N3O5/c1-9(2)7-15-11(18)12(19)16(13(15)20)8-10(17)14-3-5-21-6-4-14/h9H,3-8H2,1-2H3. The first-order valence-corrected chi connectivity index (χ1v) is 6.94. The third-order valence-electron chi connectivity index (χ3n) is 3.34. The van der Waals surface area contributed by atoms with E-state index in [1.165, 1.54) is 4.90 Å². The summed E-state index contributed by atoms with van der Waals surface area (Å²) in [5, 5.41) is 0. The van der Waals surface area contributed by atoms with Gasteiger partial charge < -0.3 is 9.64 Å². The molecule has 0 unspecified atom stereocenters. The fraction of sp³-hybridized carbons (Fsp3) is 0.692. The maximum atomic E-state index is 12.1. The largest absolute Gasteiger partial charge is 0.378 e. The van der Waals surface area contributed by atoms with E-state index in [-0.39, 0.29) is 18.4 Å². The summed E-state index contributed by atoms with van der Waals surface area (Å²) >= 11 is 0. The summed E-state index contributed by atoms with van der Waals surface area (Å²) in [5.41, 5.74) is 0. The summed E-state index contributed by atoms with van der Waals surface area (Å²) in [6.07, 6.45) is 0. The molecule has 2 aliphatic rings. The molecule has 0 aliphatic carbocycles. The summed E-state index contributed by atoms with van der Waals surface area (Å²) in [6.45, 7) is 5.19. The highest BCUT2D eigenvalue weighted by atomic mass is 16.5. The zero-order chi connectivity index (χ0) is 15.6. The first kappa shape index (κ1) is 15.4. The van der Waals surface area contributed by atoms with Crippen LogP contribution < -0.4 is 0 Å². The highest BCUT2D eigenvalue weighted by Crippen LogP contribution is 2.14. The second-order valence-electron chi connectivity index (χ2n) is 5.48. The molecule has 2 fully saturated rings. The normalized spacial score (nSPS) is 20.0. The van der Waals surface area contributed by atoms with Crippen molar-refractivity contribution in [2.75, 3.05) is 39.4 Å². The van der Waals surface area contributed by atoms with Gasteiger partial charge in [-0.1, -0.05) is 13.8 Å². The van der Waals surface area contributed by atoms with Crippen molar-refractivity contribution in [1.29, 1.82) is 0 Å². The van der Waals surface area contributed by atoms with Crippen LogP contribution in [-0.2, 0) is 19.1 Å². The minimum absolute atomic E-state index is 0.0561. The Bertz CT molecular complexity index is 470. The van der Waals surface area contributed by atoms with Crippen molar-refractivity contribution in [3.8, 4) is 0 Å². The van der Waals surface area contributed by atoms with E-state index in [0.717, 1.165) is 9.80 Å². The topological polar surface area (TPSA) is 87.2 Å². The molecule has 116 valence electrons. The van der Waals surface area contributed by atoms with Gasteiger partial charge in [-0.2, -0.15) is 0 Å². The number of rotatable bonds is 4. The summed E-state index contributed by atoms with van der Waals surface area (Å²) in [7, 11) is 0. The minimum atomic E-state index is -0.928. The highest BCUT2D eigenvalue weighted by Gasteiger charge is 2.45. The zero-order valence-electron chi connectivity index (χ0n) is 12.2. The van der Waals surface area contributed by atoms with Crippen LogP contribution in [0.1, 0.15) is 13.8 Å². The molecule has 2 aliphatic heterocycles. The van der Waals surface area contributed by atoms with Gasteiger partial charge in [0.15, 0.2) is 0 Å². The average molecular weight is 297 g/mol. The fourth-order valence-corrected chi connectivity index (χ4v) is 2.26. The molecule has 0 atom stereocenters. The van der Waals surface area contributed by atoms with Crippen molar-refractivity contribution in [1.82, 2.24) is 14.7 Å². The van der Waals surface area contributed by atoms with Gasteiger partial charge >= 0.3 is 17.8 Å². The first-order chi connectivity index (χ1) is 9.91. The molecule has 2 saturated heterocycles. The van der Waals surface area contributed by atoms with Gasteiger partial charge in [0.25, 0.3) is 0 Å². The second-order valence-corrected chi connectivity index (χ2v) is 5.48. The smallest absolute Gasteiger partial charge is 0.334 e. The highest BCUT2D eigenvalue weighted by molar-refractivity contribution is 6.45. The van der Waals surface area contributed by atoms with Crippen molar-refractivity contribution in [2.45, 2.75) is 13.8 Å². The van der Waals surface area contributed by atoms with Crippen LogP contribution in [0.15, 0.2) is 0 Å². The van der Waals surface area contributed by atoms with E-state index in [1.807, 2.05) is 13.8 Å². The summed E-state index contributed by atoms with van der Waals surface area (Å²) < 4.78 is 5.14. The Morgan fingerprint density at radius 3 is 2.24 bits per heavy atom. The van der Waals surface area contributed by atoms with Gasteiger partial charge in [0, 0.05) is 19.6 Å². The van der Waals surface area contributed by atoms with Crippen LogP contribution >= 0.6 is 0 Å². The number of carbonyl (C=O) groups is 4. The van der Waals surface area contributed by atoms with Crippen molar-refractivity contribution < 1.29 is 23.9 Å². The number of hydrogen-bond donors (Lipinski definition) is 0. The van der Waals surface area contributed by atoms with E-state index in [4.69, 9.17) is 4.74 Å². The second kappa shape index (κ2) is 6.21. The molecule has 21 heavy (non-hydrogen) atoms. The zero-order valence-corrected chi connectivity index (χ0v) is 12.2. The van der Waals surface area contributed by atoms with E-state index >= 15 is 0 Å². The van der Waals surface area contributed by atoms with Gasteiger partial charge in [0.2, 0.25) is 5.91 Å². The Balaban J connectivity index is 2.02. The lowest BCUT2D eigenvalue weighted by Crippen LogP contribution is -2.47. The molecule has 0 aromatic heterocycles. The van der Waals surface area contributed by atoms with Gasteiger partial charge in [-0.15, -0.1) is 0 Å². The van der Waals surface area contributed by atoms with Crippen LogP contribution in [0.3, 0.4) is 0 Å². The van der Waals surface area contributed by atoms with Crippen molar-refractivity contribution in [3.63, 3.8) is 0 Å². The fourth-order valence-electron chi connectivity index (χ4n) is 2.26. The molecule has 0 N–H and O–H groups in total. The van der Waals surface area contributed by atoms with Crippen LogP contribution in [0.2, 0.25) is 0 Å². The first-order valence-electron chi connectivity index (χ1n) is 6.94. The third kappa shape index (κ3) is 3.21. The van der Waals surface area contributed by atoms with Gasteiger partial charge in [-0.25, -0.2) is 9.69 Å². The molecule has 0 saturated carbocycles. The van der Waals surface area contributed by atoms with E-state index in [2.05, 4.69) is 0 Å². The Kier molecular flexibility index (Phi) is 4.56. The van der Waals surface area contributed by atoms with Gasteiger partial charge in [-0.3, -0.25) is 19.3 Å². The number of amides is 5. The van der Waals surface area contributed by atoms with E-state index in [9.17, 15) is 19.2 Å². The van der Waals surface area contributed by atoms with Crippen LogP contribution in [-0.4, -0.2) is 77.8 Å². The Morgan fingerprint density at radius 2 is 1.67 bits per heavy atom. The van der Waals surface area contributed by atoms with Crippen LogP contribution in [0, 0.1) is 5.92 Å². The quantitative estimate of drug-likeness (QED) is 0.505. The molecule has 2 heterocycles. The minimum Gasteiger partial charge on any atom is -0.378 e. The number of nitrogens with zero attached hydrogens (tertiary/aromatic N) is 3. The van der Waals surface area contributed by atoms with E-state index in [1.54, 1.807) is 0 Å². The molecular formula is C13H19N3O5. The molecule has 2 rings (SSSR count). The lowest BCUT2D eigenvalue weighted by molar-refractivity contribution is -0.145. The number of ether oxygens (including phenoxy) is 1. The van der Waals surface area contributed by atoms with Gasteiger partial charge in [0.05, 0.1) is 13.2 Å². The molecule has 0 spiro atoms. The van der Waals surface area contributed by atoms with Gasteiger partial charge in [-0.05, 0) is 5.92 Å². The SMILES string of the molecule is CC(C)CN1C(=O)C(=O)N(CC(=O)N2CCOCC2)C1=O. The lowest BCUT2D eigenvalue weighted by Gasteiger charge is -2.28. The average Bonchev–Trinajstić information content (AvgIpc) is 2.65. The molecule has 8 heteroatoms. The number of imide groups is 2. The van der Waals surface area contributed by atoms with Gasteiger partial charge in [0.1, 0.15) is 6.54 Å². The molecule has 0 radical (unpaired) electrons. The van der Waals surface area contributed by atoms with Crippen LogP contribution in [0.4, 0.5) is 4.79 Å². The molecule has 0 bridgehead atoms. The molecule has 8 nitrogen and oxygen atoms in total. The summed E-state index contributed by atoms with van der Waals surface area (Å²) in [5.74, 6) is -2.08. The monoisotopic (exact) mass is 297 g/mol. The van der Waals surface area contributed by atoms with Crippen molar-refractivity contribution in [3.05, 3.63) is 0 Å². The number of urea groups is 1. The number of hydrogen-bond acceptors (Lipinski definition) is 5. The molecule has 5 amide bonds. The van der Waals surface area contributed by atoms with E-state index < -0.39 is 24.4 Å². The predicted molar refractivity (Wildman–Crippen MR) is 71.1 cm³/mol. The Labute approximate surface area is 122 Å².